The zero-order valence-corrected chi connectivity index (χ0v) is 11.5. The number of methoxy groups -OCH3 is 1. The van der Waals surface area contributed by atoms with E-state index in [2.05, 4.69) is 36.6 Å². The highest BCUT2D eigenvalue weighted by atomic mass is 79.9. The van der Waals surface area contributed by atoms with E-state index in [9.17, 15) is 4.39 Å². The molecule has 8 heteroatoms. The molecule has 0 spiro atoms. The quantitative estimate of drug-likeness (QED) is 0.590. The molecule has 1 aromatic carbocycles. The summed E-state index contributed by atoms with van der Waals surface area (Å²) < 4.78 is 19.5. The molecule has 2 rings (SSSR count). The molecule has 0 fully saturated rings. The molecular formula is C11H11BrFN5O. The number of nitrogens with zero attached hydrogens (tertiary/aromatic N) is 2. The molecule has 0 atom stereocenters. The number of nitrogens with two attached hydrogens (primary N) is 1. The summed E-state index contributed by atoms with van der Waals surface area (Å²) in [6.45, 7) is 0. The van der Waals surface area contributed by atoms with Gasteiger partial charge in [0.2, 0.25) is 5.95 Å². The maximum Gasteiger partial charge on any atom is 0.239 e. The van der Waals surface area contributed by atoms with E-state index in [-0.39, 0.29) is 11.8 Å². The Morgan fingerprint density at radius 3 is 2.89 bits per heavy atom. The van der Waals surface area contributed by atoms with Gasteiger partial charge in [-0.3, -0.25) is 5.43 Å². The minimum atomic E-state index is -0.589. The van der Waals surface area contributed by atoms with Crippen molar-refractivity contribution in [2.75, 3.05) is 17.9 Å². The van der Waals surface area contributed by atoms with Gasteiger partial charge in [-0.15, -0.1) is 0 Å². The van der Waals surface area contributed by atoms with Gasteiger partial charge in [0.1, 0.15) is 5.75 Å². The first-order chi connectivity index (χ1) is 9.13. The summed E-state index contributed by atoms with van der Waals surface area (Å²) in [7, 11) is 1.55. The lowest BCUT2D eigenvalue weighted by molar-refractivity contribution is 0.415. The lowest BCUT2D eigenvalue weighted by Crippen LogP contribution is -2.12. The average molecular weight is 328 g/mol. The summed E-state index contributed by atoms with van der Waals surface area (Å²) in [6.07, 6.45) is 1.03. The van der Waals surface area contributed by atoms with Crippen LogP contribution in [0.5, 0.6) is 5.75 Å². The third kappa shape index (κ3) is 3.09. The fourth-order valence-corrected chi connectivity index (χ4v) is 1.72. The Balaban J connectivity index is 2.35. The van der Waals surface area contributed by atoms with E-state index in [0.717, 1.165) is 10.7 Å². The van der Waals surface area contributed by atoms with Crippen LogP contribution in [-0.4, -0.2) is 17.1 Å². The topological polar surface area (TPSA) is 85.1 Å². The number of hydrogen-bond acceptors (Lipinski definition) is 6. The normalized spacial score (nSPS) is 10.1. The van der Waals surface area contributed by atoms with Gasteiger partial charge in [0, 0.05) is 10.5 Å². The van der Waals surface area contributed by atoms with Crippen LogP contribution in [0.2, 0.25) is 0 Å². The van der Waals surface area contributed by atoms with Crippen molar-refractivity contribution in [1.29, 1.82) is 0 Å². The van der Waals surface area contributed by atoms with Crippen LogP contribution in [0.3, 0.4) is 0 Å². The third-order valence-electron chi connectivity index (χ3n) is 2.30. The molecule has 0 radical (unpaired) electrons. The molecule has 0 bridgehead atoms. The summed E-state index contributed by atoms with van der Waals surface area (Å²) in [6, 6.07) is 5.27. The molecule has 4 N–H and O–H groups in total. The maximum atomic E-state index is 13.6. The number of aromatic nitrogens is 2. The number of anilines is 3. The number of ether oxygens (including phenoxy) is 1. The fourth-order valence-electron chi connectivity index (χ4n) is 1.38. The highest BCUT2D eigenvalue weighted by Crippen LogP contribution is 2.30. The molecule has 6 nitrogen and oxygen atoms in total. The summed E-state index contributed by atoms with van der Waals surface area (Å²) in [5, 5.41) is 2.84. The standard InChI is InChI=1S/C11H11BrFN5O/c1-19-6-2-3-7(12)9(4-6)16-10-8(13)5-15-11(17-10)18-14/h2-5H,14H2,1H3,(H2,15,16,17,18). The fraction of sp³-hybridized carbons (Fsp3) is 0.0909. The van der Waals surface area contributed by atoms with Crippen LogP contribution in [0.4, 0.5) is 21.8 Å². The average Bonchev–Trinajstić information content (AvgIpc) is 2.43. The second kappa shape index (κ2) is 5.81. The second-order valence-corrected chi connectivity index (χ2v) is 4.36. The van der Waals surface area contributed by atoms with Gasteiger partial charge in [-0.2, -0.15) is 4.98 Å². The van der Waals surface area contributed by atoms with Crippen LogP contribution >= 0.6 is 15.9 Å². The first-order valence-corrected chi connectivity index (χ1v) is 6.03. The van der Waals surface area contributed by atoms with Crippen molar-refractivity contribution in [1.82, 2.24) is 9.97 Å². The Hall–Kier alpha value is -1.93. The number of nitrogens with one attached hydrogen (secondary N) is 2. The van der Waals surface area contributed by atoms with E-state index < -0.39 is 5.82 Å². The highest BCUT2D eigenvalue weighted by molar-refractivity contribution is 9.10. The van der Waals surface area contributed by atoms with E-state index in [1.54, 1.807) is 25.3 Å². The summed E-state index contributed by atoms with van der Waals surface area (Å²) >= 11 is 3.35. The monoisotopic (exact) mass is 327 g/mol. The zero-order chi connectivity index (χ0) is 13.8. The summed E-state index contributed by atoms with van der Waals surface area (Å²) in [4.78, 5) is 7.54. The van der Waals surface area contributed by atoms with Crippen LogP contribution in [0.25, 0.3) is 0 Å². The number of benzene rings is 1. The molecule has 0 aliphatic heterocycles. The lowest BCUT2D eigenvalue weighted by atomic mass is 10.3. The molecule has 0 unspecified atom stereocenters. The van der Waals surface area contributed by atoms with Gasteiger partial charge in [0.05, 0.1) is 19.0 Å². The highest BCUT2D eigenvalue weighted by Gasteiger charge is 2.09. The molecule has 100 valence electrons. The van der Waals surface area contributed by atoms with Crippen molar-refractivity contribution in [3.63, 3.8) is 0 Å². The van der Waals surface area contributed by atoms with Crippen molar-refractivity contribution >= 4 is 33.4 Å². The van der Waals surface area contributed by atoms with E-state index in [0.29, 0.717) is 11.4 Å². The molecule has 0 saturated heterocycles. The number of hydrogen-bond donors (Lipinski definition) is 3. The van der Waals surface area contributed by atoms with Crippen LogP contribution < -0.4 is 21.3 Å². The van der Waals surface area contributed by atoms with Crippen LogP contribution in [-0.2, 0) is 0 Å². The van der Waals surface area contributed by atoms with E-state index in [1.165, 1.54) is 0 Å². The third-order valence-corrected chi connectivity index (χ3v) is 2.99. The predicted molar refractivity (Wildman–Crippen MR) is 73.8 cm³/mol. The second-order valence-electron chi connectivity index (χ2n) is 3.51. The molecule has 0 amide bonds. The number of hydrazine groups is 1. The van der Waals surface area contributed by atoms with E-state index >= 15 is 0 Å². The minimum absolute atomic E-state index is 0.0110. The zero-order valence-electron chi connectivity index (χ0n) is 9.95. The van der Waals surface area contributed by atoms with Gasteiger partial charge < -0.3 is 10.1 Å². The Labute approximate surface area is 117 Å². The van der Waals surface area contributed by atoms with Crippen molar-refractivity contribution in [3.05, 3.63) is 34.7 Å². The first kappa shape index (κ1) is 13.5. The predicted octanol–water partition coefficient (Wildman–Crippen LogP) is 2.42. The van der Waals surface area contributed by atoms with Crippen LogP contribution in [0.1, 0.15) is 0 Å². The SMILES string of the molecule is COc1ccc(Br)c(Nc2nc(NN)ncc2F)c1. The van der Waals surface area contributed by atoms with Crippen molar-refractivity contribution in [2.24, 2.45) is 5.84 Å². The smallest absolute Gasteiger partial charge is 0.239 e. The van der Waals surface area contributed by atoms with Crippen LogP contribution in [0, 0.1) is 5.82 Å². The van der Waals surface area contributed by atoms with Gasteiger partial charge >= 0.3 is 0 Å². The number of nitrogen functional groups attached to an aromatic ring is 1. The number of rotatable bonds is 4. The van der Waals surface area contributed by atoms with Gasteiger partial charge in [-0.25, -0.2) is 15.2 Å². The molecule has 1 heterocycles. The van der Waals surface area contributed by atoms with Gasteiger partial charge in [-0.05, 0) is 28.1 Å². The van der Waals surface area contributed by atoms with Crippen molar-refractivity contribution < 1.29 is 9.13 Å². The molecule has 0 aliphatic rings. The Morgan fingerprint density at radius 1 is 1.42 bits per heavy atom. The van der Waals surface area contributed by atoms with Gasteiger partial charge in [0.15, 0.2) is 11.6 Å². The molecule has 0 saturated carbocycles. The molecule has 2 aromatic rings. The lowest BCUT2D eigenvalue weighted by Gasteiger charge is -2.10. The molecular weight excluding hydrogens is 317 g/mol. The first-order valence-electron chi connectivity index (χ1n) is 5.23. The molecule has 1 aromatic heterocycles. The summed E-state index contributed by atoms with van der Waals surface area (Å²) in [5.41, 5.74) is 2.86. The van der Waals surface area contributed by atoms with E-state index in [1.807, 2.05) is 0 Å². The van der Waals surface area contributed by atoms with Gasteiger partial charge in [0.25, 0.3) is 0 Å². The minimum Gasteiger partial charge on any atom is -0.497 e. The maximum absolute atomic E-state index is 13.6. The Bertz CT molecular complexity index is 544. The van der Waals surface area contributed by atoms with E-state index in [4.69, 9.17) is 10.6 Å². The summed E-state index contributed by atoms with van der Waals surface area (Å²) in [5.74, 6) is 5.36. The molecule has 0 aliphatic carbocycles. The van der Waals surface area contributed by atoms with Gasteiger partial charge in [-0.1, -0.05) is 0 Å². The molecule has 19 heavy (non-hydrogen) atoms. The van der Waals surface area contributed by atoms with Crippen molar-refractivity contribution in [2.45, 2.75) is 0 Å². The van der Waals surface area contributed by atoms with Crippen molar-refractivity contribution in [3.8, 4) is 5.75 Å². The Kier molecular flexibility index (Phi) is 4.13. The Morgan fingerprint density at radius 2 is 2.21 bits per heavy atom. The largest absolute Gasteiger partial charge is 0.497 e. The number of halogens is 2. The van der Waals surface area contributed by atoms with Crippen LogP contribution in [0.15, 0.2) is 28.9 Å².